The second kappa shape index (κ2) is 8.78. The summed E-state index contributed by atoms with van der Waals surface area (Å²) in [4.78, 5) is 14.5. The molecule has 1 aliphatic heterocycles. The summed E-state index contributed by atoms with van der Waals surface area (Å²) in [5.41, 5.74) is 1.65. The lowest BCUT2D eigenvalue weighted by molar-refractivity contribution is -0.116. The zero-order valence-electron chi connectivity index (χ0n) is 14.9. The number of nitrogens with one attached hydrogen (secondary N) is 2. The van der Waals surface area contributed by atoms with Crippen molar-refractivity contribution < 1.29 is 13.9 Å². The van der Waals surface area contributed by atoms with E-state index in [0.717, 1.165) is 30.9 Å². The third-order valence-corrected chi connectivity index (χ3v) is 4.57. The van der Waals surface area contributed by atoms with E-state index in [1.54, 1.807) is 25.3 Å². The molecule has 0 aromatic heterocycles. The number of piperazine rings is 1. The Balaban J connectivity index is 1.58. The first kappa shape index (κ1) is 18.4. The van der Waals surface area contributed by atoms with Gasteiger partial charge < -0.3 is 15.4 Å². The van der Waals surface area contributed by atoms with Crippen LogP contribution in [-0.2, 0) is 4.79 Å². The van der Waals surface area contributed by atoms with Crippen LogP contribution < -0.4 is 15.4 Å². The topological polar surface area (TPSA) is 53.6 Å². The average molecular weight is 357 g/mol. The number of hydrogen-bond acceptors (Lipinski definition) is 4. The van der Waals surface area contributed by atoms with Crippen molar-refractivity contribution in [2.45, 2.75) is 12.5 Å². The summed E-state index contributed by atoms with van der Waals surface area (Å²) in [7, 11) is 1.60. The molecule has 138 valence electrons. The van der Waals surface area contributed by atoms with E-state index in [1.165, 1.54) is 6.07 Å². The zero-order valence-corrected chi connectivity index (χ0v) is 14.9. The number of hydrogen-bond donors (Lipinski definition) is 2. The Morgan fingerprint density at radius 3 is 2.96 bits per heavy atom. The van der Waals surface area contributed by atoms with Crippen molar-refractivity contribution in [2.75, 3.05) is 38.6 Å². The molecule has 1 atom stereocenters. The molecule has 1 heterocycles. The molecule has 0 bridgehead atoms. The van der Waals surface area contributed by atoms with Crippen molar-refractivity contribution in [2.24, 2.45) is 0 Å². The standard InChI is InChI=1S/C20H24FN3O2/c1-26-18-7-3-6-17(13-18)23-20(25)8-10-24-11-9-22-14-19(24)15-4-2-5-16(21)12-15/h2-7,12-13,19,22H,8-11,14H2,1H3,(H,23,25). The molecular weight excluding hydrogens is 333 g/mol. The van der Waals surface area contributed by atoms with Crippen LogP contribution in [0.3, 0.4) is 0 Å². The van der Waals surface area contributed by atoms with Crippen molar-refractivity contribution >= 4 is 11.6 Å². The van der Waals surface area contributed by atoms with Crippen molar-refractivity contribution in [1.82, 2.24) is 10.2 Å². The van der Waals surface area contributed by atoms with Gasteiger partial charge in [0.05, 0.1) is 7.11 Å². The molecule has 2 aromatic rings. The number of carbonyl (C=O) groups excluding carboxylic acids is 1. The minimum atomic E-state index is -0.233. The second-order valence-electron chi connectivity index (χ2n) is 6.34. The predicted molar refractivity (Wildman–Crippen MR) is 99.8 cm³/mol. The molecule has 1 saturated heterocycles. The lowest BCUT2D eigenvalue weighted by Crippen LogP contribution is -2.46. The monoisotopic (exact) mass is 357 g/mol. The van der Waals surface area contributed by atoms with Gasteiger partial charge in [-0.05, 0) is 29.8 Å². The van der Waals surface area contributed by atoms with Crippen LogP contribution in [0.5, 0.6) is 5.75 Å². The summed E-state index contributed by atoms with van der Waals surface area (Å²) in [6, 6.07) is 14.1. The summed E-state index contributed by atoms with van der Waals surface area (Å²) in [6.45, 7) is 3.07. The van der Waals surface area contributed by atoms with Crippen molar-refractivity contribution in [3.63, 3.8) is 0 Å². The average Bonchev–Trinajstić information content (AvgIpc) is 2.67. The first-order chi connectivity index (χ1) is 12.7. The van der Waals surface area contributed by atoms with E-state index in [1.807, 2.05) is 24.3 Å². The molecule has 2 N–H and O–H groups in total. The van der Waals surface area contributed by atoms with Crippen LogP contribution in [0.2, 0.25) is 0 Å². The van der Waals surface area contributed by atoms with Crippen LogP contribution in [0, 0.1) is 5.82 Å². The Bertz CT molecular complexity index is 753. The number of carbonyl (C=O) groups is 1. The molecule has 0 radical (unpaired) electrons. The summed E-state index contributed by atoms with van der Waals surface area (Å²) in [6.07, 6.45) is 0.378. The normalized spacial score (nSPS) is 17.7. The molecule has 0 aliphatic carbocycles. The largest absolute Gasteiger partial charge is 0.497 e. The highest BCUT2D eigenvalue weighted by atomic mass is 19.1. The Morgan fingerprint density at radius 1 is 1.31 bits per heavy atom. The summed E-state index contributed by atoms with van der Waals surface area (Å²) < 4.78 is 18.7. The maximum absolute atomic E-state index is 13.6. The van der Waals surface area contributed by atoms with Gasteiger partial charge >= 0.3 is 0 Å². The number of halogens is 1. The Hall–Kier alpha value is -2.44. The lowest BCUT2D eigenvalue weighted by atomic mass is 10.0. The molecule has 1 fully saturated rings. The number of nitrogens with zero attached hydrogens (tertiary/aromatic N) is 1. The van der Waals surface area contributed by atoms with Gasteiger partial charge in [0.2, 0.25) is 5.91 Å². The first-order valence-electron chi connectivity index (χ1n) is 8.80. The van der Waals surface area contributed by atoms with Gasteiger partial charge in [-0.15, -0.1) is 0 Å². The SMILES string of the molecule is COc1cccc(NC(=O)CCN2CCNCC2c2cccc(F)c2)c1. The molecule has 0 saturated carbocycles. The fourth-order valence-corrected chi connectivity index (χ4v) is 3.23. The summed E-state index contributed by atoms with van der Waals surface area (Å²) in [5, 5.41) is 6.24. The molecular formula is C20H24FN3O2. The smallest absolute Gasteiger partial charge is 0.225 e. The third-order valence-electron chi connectivity index (χ3n) is 4.57. The van der Waals surface area contributed by atoms with E-state index in [2.05, 4.69) is 15.5 Å². The molecule has 2 aromatic carbocycles. The van der Waals surface area contributed by atoms with Crippen molar-refractivity contribution in [1.29, 1.82) is 0 Å². The van der Waals surface area contributed by atoms with Crippen LogP contribution in [-0.4, -0.2) is 44.1 Å². The quantitative estimate of drug-likeness (QED) is 0.835. The van der Waals surface area contributed by atoms with Crippen LogP contribution in [0.15, 0.2) is 48.5 Å². The maximum Gasteiger partial charge on any atom is 0.225 e. The van der Waals surface area contributed by atoms with Crippen molar-refractivity contribution in [3.8, 4) is 5.75 Å². The van der Waals surface area contributed by atoms with Crippen LogP contribution in [0.1, 0.15) is 18.0 Å². The maximum atomic E-state index is 13.6. The van der Waals surface area contributed by atoms with Gasteiger partial charge in [-0.1, -0.05) is 18.2 Å². The van der Waals surface area contributed by atoms with Gasteiger partial charge in [-0.2, -0.15) is 0 Å². The van der Waals surface area contributed by atoms with Gasteiger partial charge in [-0.25, -0.2) is 4.39 Å². The van der Waals surface area contributed by atoms with Crippen molar-refractivity contribution in [3.05, 3.63) is 59.9 Å². The fraction of sp³-hybridized carbons (Fsp3) is 0.350. The molecule has 3 rings (SSSR count). The van der Waals surface area contributed by atoms with Gasteiger partial charge in [-0.3, -0.25) is 9.69 Å². The molecule has 5 nitrogen and oxygen atoms in total. The Kier molecular flexibility index (Phi) is 6.20. The number of amides is 1. The zero-order chi connectivity index (χ0) is 18.4. The van der Waals surface area contributed by atoms with E-state index in [0.29, 0.717) is 18.7 Å². The van der Waals surface area contributed by atoms with E-state index >= 15 is 0 Å². The highest BCUT2D eigenvalue weighted by molar-refractivity contribution is 5.91. The number of anilines is 1. The number of ether oxygens (including phenoxy) is 1. The van der Waals surface area contributed by atoms with E-state index in [4.69, 9.17) is 4.74 Å². The second-order valence-corrected chi connectivity index (χ2v) is 6.34. The highest BCUT2D eigenvalue weighted by Gasteiger charge is 2.24. The fourth-order valence-electron chi connectivity index (χ4n) is 3.23. The minimum absolute atomic E-state index is 0.0465. The van der Waals surface area contributed by atoms with E-state index < -0.39 is 0 Å². The highest BCUT2D eigenvalue weighted by Crippen LogP contribution is 2.23. The van der Waals surface area contributed by atoms with Gasteiger partial charge in [0.15, 0.2) is 0 Å². The third kappa shape index (κ3) is 4.80. The number of benzene rings is 2. The Labute approximate surface area is 153 Å². The molecule has 1 aliphatic rings. The molecule has 26 heavy (non-hydrogen) atoms. The van der Waals surface area contributed by atoms with Crippen LogP contribution >= 0.6 is 0 Å². The van der Waals surface area contributed by atoms with Gasteiger partial charge in [0.25, 0.3) is 0 Å². The summed E-state index contributed by atoms with van der Waals surface area (Å²) in [5.74, 6) is 0.426. The number of methoxy groups -OCH3 is 1. The molecule has 0 spiro atoms. The molecule has 1 amide bonds. The predicted octanol–water partition coefficient (Wildman–Crippen LogP) is 2.81. The van der Waals surface area contributed by atoms with Gasteiger partial charge in [0.1, 0.15) is 11.6 Å². The van der Waals surface area contributed by atoms with Gasteiger partial charge in [0, 0.05) is 50.4 Å². The van der Waals surface area contributed by atoms with E-state index in [-0.39, 0.29) is 17.8 Å². The minimum Gasteiger partial charge on any atom is -0.497 e. The first-order valence-corrected chi connectivity index (χ1v) is 8.80. The number of rotatable bonds is 6. The summed E-state index contributed by atoms with van der Waals surface area (Å²) >= 11 is 0. The van der Waals surface area contributed by atoms with Crippen LogP contribution in [0.4, 0.5) is 10.1 Å². The molecule has 6 heteroatoms. The Morgan fingerprint density at radius 2 is 2.15 bits per heavy atom. The lowest BCUT2D eigenvalue weighted by Gasteiger charge is -2.36. The van der Waals surface area contributed by atoms with Crippen LogP contribution in [0.25, 0.3) is 0 Å². The van der Waals surface area contributed by atoms with E-state index in [9.17, 15) is 9.18 Å². The molecule has 1 unspecified atom stereocenters.